The Morgan fingerprint density at radius 2 is 1.87 bits per heavy atom. The van der Waals surface area contributed by atoms with Crippen LogP contribution in [0.25, 0.3) is 0 Å². The SMILES string of the molecule is CC(=O)Oc1ccccc1C(=O)OC1CC(C)CCC1C(C)C. The highest BCUT2D eigenvalue weighted by Crippen LogP contribution is 2.36. The van der Waals surface area contributed by atoms with Crippen molar-refractivity contribution in [3.8, 4) is 5.75 Å². The highest BCUT2D eigenvalue weighted by Gasteiger charge is 2.34. The third-order valence-corrected chi connectivity index (χ3v) is 4.58. The zero-order valence-corrected chi connectivity index (χ0v) is 14.4. The van der Waals surface area contributed by atoms with Gasteiger partial charge in [0.15, 0.2) is 0 Å². The van der Waals surface area contributed by atoms with Crippen molar-refractivity contribution in [3.05, 3.63) is 29.8 Å². The molecule has 0 saturated heterocycles. The van der Waals surface area contributed by atoms with E-state index in [0.29, 0.717) is 23.3 Å². The second kappa shape index (κ2) is 7.62. The van der Waals surface area contributed by atoms with E-state index in [1.807, 2.05) is 0 Å². The Balaban J connectivity index is 2.15. The summed E-state index contributed by atoms with van der Waals surface area (Å²) in [7, 11) is 0. The minimum Gasteiger partial charge on any atom is -0.458 e. The molecule has 3 unspecified atom stereocenters. The standard InChI is InChI=1S/C19H26O4/c1-12(2)15-10-9-13(3)11-18(15)23-19(21)16-7-5-6-8-17(16)22-14(4)20/h5-8,12-13,15,18H,9-11H2,1-4H3. The smallest absolute Gasteiger partial charge is 0.342 e. The summed E-state index contributed by atoms with van der Waals surface area (Å²) >= 11 is 0. The summed E-state index contributed by atoms with van der Waals surface area (Å²) < 4.78 is 10.9. The molecular formula is C19H26O4. The third kappa shape index (κ3) is 4.57. The van der Waals surface area contributed by atoms with Crippen LogP contribution in [0.2, 0.25) is 0 Å². The number of ether oxygens (including phenoxy) is 2. The van der Waals surface area contributed by atoms with Gasteiger partial charge < -0.3 is 9.47 Å². The molecule has 0 spiro atoms. The van der Waals surface area contributed by atoms with Crippen molar-refractivity contribution in [2.24, 2.45) is 17.8 Å². The van der Waals surface area contributed by atoms with Gasteiger partial charge in [-0.3, -0.25) is 4.79 Å². The second-order valence-corrected chi connectivity index (χ2v) is 6.86. The molecule has 4 nitrogen and oxygen atoms in total. The molecule has 0 bridgehead atoms. The predicted octanol–water partition coefficient (Wildman–Crippen LogP) is 4.23. The van der Waals surface area contributed by atoms with Crippen molar-refractivity contribution < 1.29 is 19.1 Å². The minimum atomic E-state index is -0.448. The van der Waals surface area contributed by atoms with Gasteiger partial charge in [-0.25, -0.2) is 4.79 Å². The van der Waals surface area contributed by atoms with E-state index in [9.17, 15) is 9.59 Å². The molecule has 1 fully saturated rings. The average Bonchev–Trinajstić information content (AvgIpc) is 2.46. The summed E-state index contributed by atoms with van der Waals surface area (Å²) in [6.45, 7) is 7.87. The van der Waals surface area contributed by atoms with Crippen LogP contribution in [0.4, 0.5) is 0 Å². The highest BCUT2D eigenvalue weighted by atomic mass is 16.6. The molecule has 0 N–H and O–H groups in total. The van der Waals surface area contributed by atoms with E-state index in [4.69, 9.17) is 9.47 Å². The van der Waals surface area contributed by atoms with Crippen molar-refractivity contribution in [3.63, 3.8) is 0 Å². The molecule has 1 saturated carbocycles. The fraction of sp³-hybridized carbons (Fsp3) is 0.579. The zero-order valence-electron chi connectivity index (χ0n) is 14.4. The van der Waals surface area contributed by atoms with Gasteiger partial charge in [-0.05, 0) is 42.7 Å². The third-order valence-electron chi connectivity index (χ3n) is 4.58. The van der Waals surface area contributed by atoms with Crippen LogP contribution >= 0.6 is 0 Å². The Labute approximate surface area is 138 Å². The molecule has 2 rings (SSSR count). The monoisotopic (exact) mass is 318 g/mol. The largest absolute Gasteiger partial charge is 0.458 e. The maximum Gasteiger partial charge on any atom is 0.342 e. The van der Waals surface area contributed by atoms with Crippen LogP contribution < -0.4 is 4.74 Å². The summed E-state index contributed by atoms with van der Waals surface area (Å²) in [6.07, 6.45) is 3.09. The van der Waals surface area contributed by atoms with Crippen LogP contribution in [0.3, 0.4) is 0 Å². The van der Waals surface area contributed by atoms with E-state index in [1.54, 1.807) is 24.3 Å². The van der Waals surface area contributed by atoms with Crippen molar-refractivity contribution >= 4 is 11.9 Å². The van der Waals surface area contributed by atoms with Crippen LogP contribution in [-0.4, -0.2) is 18.0 Å². The normalized spacial score (nSPS) is 24.3. The van der Waals surface area contributed by atoms with E-state index >= 15 is 0 Å². The minimum absolute atomic E-state index is 0.0726. The lowest BCUT2D eigenvalue weighted by Gasteiger charge is -2.36. The van der Waals surface area contributed by atoms with Gasteiger partial charge in [-0.2, -0.15) is 0 Å². The first kappa shape index (κ1) is 17.5. The fourth-order valence-electron chi connectivity index (χ4n) is 3.33. The first-order chi connectivity index (χ1) is 10.9. The number of para-hydroxylation sites is 1. The molecule has 0 amide bonds. The molecule has 126 valence electrons. The van der Waals surface area contributed by atoms with Crippen molar-refractivity contribution in [1.29, 1.82) is 0 Å². The number of carbonyl (C=O) groups is 2. The van der Waals surface area contributed by atoms with E-state index < -0.39 is 11.9 Å². The van der Waals surface area contributed by atoms with Gasteiger partial charge in [-0.1, -0.05) is 39.3 Å². The van der Waals surface area contributed by atoms with Crippen LogP contribution in [0, 0.1) is 17.8 Å². The Morgan fingerprint density at radius 1 is 1.17 bits per heavy atom. The Bertz CT molecular complexity index is 564. The van der Waals surface area contributed by atoms with Crippen LogP contribution in [0.15, 0.2) is 24.3 Å². The Morgan fingerprint density at radius 3 is 2.52 bits per heavy atom. The van der Waals surface area contributed by atoms with Crippen molar-refractivity contribution in [2.75, 3.05) is 0 Å². The van der Waals surface area contributed by atoms with Gasteiger partial charge in [-0.15, -0.1) is 0 Å². The average molecular weight is 318 g/mol. The summed E-state index contributed by atoms with van der Waals surface area (Å²) in [5.41, 5.74) is 0.309. The van der Waals surface area contributed by atoms with Gasteiger partial charge >= 0.3 is 11.9 Å². The molecule has 23 heavy (non-hydrogen) atoms. The second-order valence-electron chi connectivity index (χ2n) is 6.86. The Hall–Kier alpha value is -1.84. The molecule has 0 aliphatic heterocycles. The number of esters is 2. The van der Waals surface area contributed by atoms with Gasteiger partial charge in [0.05, 0.1) is 0 Å². The predicted molar refractivity (Wildman–Crippen MR) is 88.3 cm³/mol. The summed E-state index contributed by atoms with van der Waals surface area (Å²) in [5.74, 6) is 0.824. The highest BCUT2D eigenvalue weighted by molar-refractivity contribution is 5.93. The zero-order chi connectivity index (χ0) is 17.0. The summed E-state index contributed by atoms with van der Waals surface area (Å²) in [4.78, 5) is 23.8. The fourth-order valence-corrected chi connectivity index (χ4v) is 3.33. The van der Waals surface area contributed by atoms with Crippen LogP contribution in [0.5, 0.6) is 5.75 Å². The van der Waals surface area contributed by atoms with E-state index in [2.05, 4.69) is 20.8 Å². The number of carbonyl (C=O) groups excluding carboxylic acids is 2. The van der Waals surface area contributed by atoms with Gasteiger partial charge in [0.25, 0.3) is 0 Å². The van der Waals surface area contributed by atoms with Crippen molar-refractivity contribution in [2.45, 2.75) is 53.1 Å². The summed E-state index contributed by atoms with van der Waals surface area (Å²) in [5, 5.41) is 0. The molecule has 4 heteroatoms. The van der Waals surface area contributed by atoms with E-state index in [0.717, 1.165) is 12.8 Å². The maximum absolute atomic E-state index is 12.6. The molecule has 1 aliphatic carbocycles. The molecule has 0 heterocycles. The lowest BCUT2D eigenvalue weighted by molar-refractivity contribution is -0.131. The molecule has 3 atom stereocenters. The van der Waals surface area contributed by atoms with Crippen molar-refractivity contribution in [1.82, 2.24) is 0 Å². The number of hydrogen-bond donors (Lipinski definition) is 0. The first-order valence-electron chi connectivity index (χ1n) is 8.37. The quantitative estimate of drug-likeness (QED) is 0.616. The topological polar surface area (TPSA) is 52.6 Å². The number of benzene rings is 1. The van der Waals surface area contributed by atoms with Gasteiger partial charge in [0, 0.05) is 6.92 Å². The molecule has 1 aromatic rings. The van der Waals surface area contributed by atoms with Crippen LogP contribution in [-0.2, 0) is 9.53 Å². The molecule has 1 aromatic carbocycles. The lowest BCUT2D eigenvalue weighted by Crippen LogP contribution is -2.36. The van der Waals surface area contributed by atoms with Crippen LogP contribution in [0.1, 0.15) is 57.3 Å². The molecular weight excluding hydrogens is 292 g/mol. The molecule has 1 aliphatic rings. The van der Waals surface area contributed by atoms with Gasteiger partial charge in [0.2, 0.25) is 0 Å². The lowest BCUT2D eigenvalue weighted by atomic mass is 9.75. The maximum atomic E-state index is 12.6. The van der Waals surface area contributed by atoms with Gasteiger partial charge in [0.1, 0.15) is 17.4 Å². The number of rotatable bonds is 4. The molecule has 0 radical (unpaired) electrons. The van der Waals surface area contributed by atoms with E-state index in [-0.39, 0.29) is 11.9 Å². The Kier molecular flexibility index (Phi) is 5.80. The van der Waals surface area contributed by atoms with E-state index in [1.165, 1.54) is 13.3 Å². The summed E-state index contributed by atoms with van der Waals surface area (Å²) in [6, 6.07) is 6.72. The first-order valence-corrected chi connectivity index (χ1v) is 8.37. The molecule has 0 aromatic heterocycles. The number of hydrogen-bond acceptors (Lipinski definition) is 4.